The molecule has 2 aromatic rings. The van der Waals surface area contributed by atoms with Crippen molar-refractivity contribution in [1.82, 2.24) is 10.2 Å². The lowest BCUT2D eigenvalue weighted by atomic mass is 9.94. The SMILES string of the molecule is CCC(COC)(NC(=O)OCC1c2ccccc2-c2ccccc21)C(=O)N1CCSC(C(=O)O)C1. The first-order valence-corrected chi connectivity index (χ1v) is 12.7. The van der Waals surface area contributed by atoms with Crippen molar-refractivity contribution in [1.29, 1.82) is 0 Å². The fourth-order valence-corrected chi connectivity index (χ4v) is 5.89. The van der Waals surface area contributed by atoms with Crippen LogP contribution in [0.2, 0.25) is 0 Å². The molecule has 2 aromatic carbocycles. The van der Waals surface area contributed by atoms with Gasteiger partial charge >= 0.3 is 12.1 Å². The lowest BCUT2D eigenvalue weighted by Gasteiger charge is -2.39. The molecule has 0 bridgehead atoms. The molecular formula is C26H30N2O6S. The number of fused-ring (bicyclic) bond motifs is 3. The molecule has 35 heavy (non-hydrogen) atoms. The molecule has 0 spiro atoms. The highest BCUT2D eigenvalue weighted by Crippen LogP contribution is 2.44. The van der Waals surface area contributed by atoms with Crippen molar-refractivity contribution in [2.45, 2.75) is 30.1 Å². The first kappa shape index (κ1) is 25.1. The second-order valence-electron chi connectivity index (χ2n) is 8.77. The maximum absolute atomic E-state index is 13.5. The summed E-state index contributed by atoms with van der Waals surface area (Å²) in [7, 11) is 1.46. The predicted molar refractivity (Wildman–Crippen MR) is 134 cm³/mol. The molecule has 2 atom stereocenters. The van der Waals surface area contributed by atoms with Crippen LogP contribution < -0.4 is 5.32 Å². The van der Waals surface area contributed by atoms with Crippen LogP contribution in [-0.2, 0) is 19.1 Å². The summed E-state index contributed by atoms with van der Waals surface area (Å²) in [6.45, 7) is 2.35. The number of hydrogen-bond acceptors (Lipinski definition) is 6. The smallest absolute Gasteiger partial charge is 0.408 e. The van der Waals surface area contributed by atoms with Gasteiger partial charge in [-0.15, -0.1) is 11.8 Å². The minimum Gasteiger partial charge on any atom is -0.480 e. The van der Waals surface area contributed by atoms with Crippen LogP contribution in [0.25, 0.3) is 11.1 Å². The number of thioether (sulfide) groups is 1. The summed E-state index contributed by atoms with van der Waals surface area (Å²) >= 11 is 1.31. The quantitative estimate of drug-likeness (QED) is 0.575. The van der Waals surface area contributed by atoms with Gasteiger partial charge in [0.15, 0.2) is 0 Å². The molecule has 2 aliphatic rings. The lowest BCUT2D eigenvalue weighted by Crippen LogP contribution is -2.63. The zero-order valence-corrected chi connectivity index (χ0v) is 20.7. The number of ether oxygens (including phenoxy) is 2. The van der Waals surface area contributed by atoms with Crippen molar-refractivity contribution < 1.29 is 29.0 Å². The standard InChI is InChI=1S/C26H30N2O6S/c1-3-26(16-33-2,24(31)28-12-13-35-22(14-28)23(29)30)27-25(32)34-15-21-19-10-6-4-8-17(19)18-9-5-7-11-20(18)21/h4-11,21-22H,3,12-16H2,1-2H3,(H,27,32)(H,29,30). The minimum atomic E-state index is -1.34. The molecular weight excluding hydrogens is 468 g/mol. The van der Waals surface area contributed by atoms with Crippen LogP contribution in [0.1, 0.15) is 30.4 Å². The fraction of sp³-hybridized carbons (Fsp3) is 0.423. The zero-order chi connectivity index (χ0) is 25.0. The average molecular weight is 499 g/mol. The van der Waals surface area contributed by atoms with Crippen LogP contribution in [-0.4, -0.2) is 77.9 Å². The van der Waals surface area contributed by atoms with Gasteiger partial charge in [-0.05, 0) is 28.7 Å². The van der Waals surface area contributed by atoms with Crippen LogP contribution in [0, 0.1) is 0 Å². The number of amides is 2. The Morgan fingerprint density at radius 2 is 1.74 bits per heavy atom. The summed E-state index contributed by atoms with van der Waals surface area (Å²) in [5, 5.41) is 11.5. The van der Waals surface area contributed by atoms with Crippen LogP contribution in [0.5, 0.6) is 0 Å². The molecule has 0 radical (unpaired) electrons. The summed E-state index contributed by atoms with van der Waals surface area (Å²) in [6.07, 6.45) is -0.439. The number of methoxy groups -OCH3 is 1. The van der Waals surface area contributed by atoms with E-state index < -0.39 is 22.9 Å². The van der Waals surface area contributed by atoms with Gasteiger partial charge in [-0.1, -0.05) is 55.5 Å². The first-order chi connectivity index (χ1) is 16.9. The van der Waals surface area contributed by atoms with E-state index in [4.69, 9.17) is 9.47 Å². The summed E-state index contributed by atoms with van der Waals surface area (Å²) in [5.74, 6) is -0.897. The van der Waals surface area contributed by atoms with Gasteiger partial charge in [0.1, 0.15) is 17.4 Å². The van der Waals surface area contributed by atoms with E-state index in [-0.39, 0.29) is 38.0 Å². The molecule has 186 valence electrons. The topological polar surface area (TPSA) is 105 Å². The maximum Gasteiger partial charge on any atom is 0.408 e. The molecule has 0 aromatic heterocycles. The second kappa shape index (κ2) is 10.7. The molecule has 9 heteroatoms. The van der Waals surface area contributed by atoms with E-state index in [0.717, 1.165) is 22.3 Å². The normalized spacial score (nSPS) is 18.8. The number of carbonyl (C=O) groups excluding carboxylic acids is 2. The highest BCUT2D eigenvalue weighted by Gasteiger charge is 2.44. The van der Waals surface area contributed by atoms with Crippen molar-refractivity contribution in [3.63, 3.8) is 0 Å². The number of carbonyl (C=O) groups is 3. The Labute approximate surface area is 209 Å². The molecule has 1 heterocycles. The van der Waals surface area contributed by atoms with E-state index in [1.807, 2.05) is 36.4 Å². The van der Waals surface area contributed by atoms with Crippen LogP contribution in [0.3, 0.4) is 0 Å². The largest absolute Gasteiger partial charge is 0.480 e. The summed E-state index contributed by atoms with van der Waals surface area (Å²) in [5.41, 5.74) is 3.11. The van der Waals surface area contributed by atoms with E-state index >= 15 is 0 Å². The van der Waals surface area contributed by atoms with Crippen LogP contribution in [0.15, 0.2) is 48.5 Å². The molecule has 0 saturated carbocycles. The summed E-state index contributed by atoms with van der Waals surface area (Å²) < 4.78 is 11.0. The van der Waals surface area contributed by atoms with E-state index in [0.29, 0.717) is 12.3 Å². The Balaban J connectivity index is 1.48. The third-order valence-corrected chi connectivity index (χ3v) is 7.89. The highest BCUT2D eigenvalue weighted by atomic mass is 32.2. The number of carboxylic acid groups (broad SMARTS) is 1. The fourth-order valence-electron chi connectivity index (χ4n) is 4.86. The van der Waals surface area contributed by atoms with Crippen molar-refractivity contribution >= 4 is 29.7 Å². The average Bonchev–Trinajstić information content (AvgIpc) is 3.20. The van der Waals surface area contributed by atoms with E-state index in [1.54, 1.807) is 6.92 Å². The van der Waals surface area contributed by atoms with Gasteiger partial charge in [0.2, 0.25) is 0 Å². The Hall–Kier alpha value is -3.04. The van der Waals surface area contributed by atoms with Gasteiger partial charge in [0, 0.05) is 31.9 Å². The first-order valence-electron chi connectivity index (χ1n) is 11.7. The molecule has 2 amide bonds. The number of nitrogens with one attached hydrogen (secondary N) is 1. The van der Waals surface area contributed by atoms with Gasteiger partial charge in [-0.25, -0.2) is 4.79 Å². The summed E-state index contributed by atoms with van der Waals surface area (Å²) in [6, 6.07) is 16.1. The summed E-state index contributed by atoms with van der Waals surface area (Å²) in [4.78, 5) is 39.4. The lowest BCUT2D eigenvalue weighted by molar-refractivity contribution is -0.142. The Bertz CT molecular complexity index is 1060. The zero-order valence-electron chi connectivity index (χ0n) is 19.9. The van der Waals surface area contributed by atoms with Crippen molar-refractivity contribution in [2.75, 3.05) is 39.2 Å². The minimum absolute atomic E-state index is 0.0477. The van der Waals surface area contributed by atoms with Crippen molar-refractivity contribution in [3.05, 3.63) is 59.7 Å². The molecule has 2 unspecified atom stereocenters. The molecule has 1 fully saturated rings. The third-order valence-electron chi connectivity index (χ3n) is 6.72. The van der Waals surface area contributed by atoms with Gasteiger partial charge in [-0.2, -0.15) is 0 Å². The number of aliphatic carboxylic acids is 1. The number of nitrogens with zero attached hydrogens (tertiary/aromatic N) is 1. The molecule has 1 aliphatic heterocycles. The number of carboxylic acids is 1. The second-order valence-corrected chi connectivity index (χ2v) is 10.1. The molecule has 2 N–H and O–H groups in total. The van der Waals surface area contributed by atoms with Crippen LogP contribution in [0.4, 0.5) is 4.79 Å². The number of hydrogen-bond donors (Lipinski definition) is 2. The van der Waals surface area contributed by atoms with E-state index in [9.17, 15) is 19.5 Å². The van der Waals surface area contributed by atoms with Gasteiger partial charge in [-0.3, -0.25) is 9.59 Å². The number of alkyl carbamates (subject to hydrolysis) is 1. The van der Waals surface area contributed by atoms with Crippen molar-refractivity contribution in [2.24, 2.45) is 0 Å². The maximum atomic E-state index is 13.5. The Morgan fingerprint density at radius 1 is 1.11 bits per heavy atom. The third kappa shape index (κ3) is 5.01. The Morgan fingerprint density at radius 3 is 2.31 bits per heavy atom. The van der Waals surface area contributed by atoms with Crippen molar-refractivity contribution in [3.8, 4) is 11.1 Å². The van der Waals surface area contributed by atoms with E-state index in [2.05, 4.69) is 17.4 Å². The van der Waals surface area contributed by atoms with Gasteiger partial charge in [0.25, 0.3) is 5.91 Å². The Kier molecular flexibility index (Phi) is 7.66. The molecule has 8 nitrogen and oxygen atoms in total. The van der Waals surface area contributed by atoms with Crippen LogP contribution >= 0.6 is 11.8 Å². The molecule has 1 saturated heterocycles. The molecule has 4 rings (SSSR count). The van der Waals surface area contributed by atoms with Gasteiger partial charge < -0.3 is 24.8 Å². The van der Waals surface area contributed by atoms with Gasteiger partial charge in [0.05, 0.1) is 6.61 Å². The highest BCUT2D eigenvalue weighted by molar-refractivity contribution is 8.00. The predicted octanol–water partition coefficient (Wildman–Crippen LogP) is 3.35. The number of benzene rings is 2. The molecule has 1 aliphatic carbocycles. The monoisotopic (exact) mass is 498 g/mol. The number of rotatable bonds is 8. The van der Waals surface area contributed by atoms with E-state index in [1.165, 1.54) is 23.8 Å².